The van der Waals surface area contributed by atoms with Gasteiger partial charge in [-0.15, -0.1) is 0 Å². The lowest BCUT2D eigenvalue weighted by atomic mass is 10.1. The Hall–Kier alpha value is -2.28. The van der Waals surface area contributed by atoms with Crippen molar-refractivity contribution in [3.63, 3.8) is 0 Å². The van der Waals surface area contributed by atoms with E-state index in [1.165, 1.54) is 0 Å². The normalized spacial score (nSPS) is 10.8. The molecule has 0 spiro atoms. The van der Waals surface area contributed by atoms with Gasteiger partial charge in [-0.2, -0.15) is 0 Å². The van der Waals surface area contributed by atoms with Crippen LogP contribution in [0.4, 0.5) is 0 Å². The molecule has 3 rings (SSSR count). The molecule has 2 aromatic carbocycles. The molecule has 1 nitrogen and oxygen atoms in total. The minimum atomic E-state index is 0.812. The summed E-state index contributed by atoms with van der Waals surface area (Å²) < 4.78 is 5.77. The van der Waals surface area contributed by atoms with Gasteiger partial charge in [0.2, 0.25) is 0 Å². The van der Waals surface area contributed by atoms with Gasteiger partial charge in [0.25, 0.3) is 0 Å². The van der Waals surface area contributed by atoms with Crippen LogP contribution in [0.1, 0.15) is 0 Å². The minimum absolute atomic E-state index is 0.812. The molecule has 0 amide bonds. The number of rotatable bonds is 0. The first-order valence-corrected chi connectivity index (χ1v) is 5.51. The van der Waals surface area contributed by atoms with Gasteiger partial charge in [0.1, 0.15) is 11.2 Å². The summed E-state index contributed by atoms with van der Waals surface area (Å²) >= 11 is 0. The lowest BCUT2D eigenvalue weighted by Gasteiger charge is -1.90. The molecular formula is C16H12O. The Bertz CT molecular complexity index is 825. The summed E-state index contributed by atoms with van der Waals surface area (Å²) in [7, 11) is 0. The smallest absolute Gasteiger partial charge is 0.136 e. The van der Waals surface area contributed by atoms with Crippen LogP contribution in [-0.4, -0.2) is 0 Å². The highest BCUT2D eigenvalue weighted by molar-refractivity contribution is 5.98. The SMILES string of the molecule is C=c1cccc2oc3cccc(cc1)c3c2=C. The highest BCUT2D eigenvalue weighted by Crippen LogP contribution is 2.18. The molecule has 1 heteroatoms. The molecule has 0 aliphatic heterocycles. The van der Waals surface area contributed by atoms with E-state index in [-0.39, 0.29) is 0 Å². The maximum Gasteiger partial charge on any atom is 0.136 e. The molecule has 3 aromatic rings. The zero-order chi connectivity index (χ0) is 11.8. The van der Waals surface area contributed by atoms with Gasteiger partial charge in [-0.1, -0.05) is 49.6 Å². The van der Waals surface area contributed by atoms with E-state index in [2.05, 4.69) is 19.2 Å². The van der Waals surface area contributed by atoms with Crippen molar-refractivity contribution in [1.82, 2.24) is 0 Å². The number of fused-ring (bicyclic) bond motifs is 1. The van der Waals surface area contributed by atoms with Crippen molar-refractivity contribution in [2.75, 3.05) is 0 Å². The van der Waals surface area contributed by atoms with Gasteiger partial charge in [-0.25, -0.2) is 0 Å². The van der Waals surface area contributed by atoms with E-state index in [1.54, 1.807) is 0 Å². The second-order valence-electron chi connectivity index (χ2n) is 4.10. The average Bonchev–Trinajstić information content (AvgIpc) is 2.64. The monoisotopic (exact) mass is 220 g/mol. The Balaban J connectivity index is 2.71. The quantitative estimate of drug-likeness (QED) is 0.567. The van der Waals surface area contributed by atoms with E-state index in [1.807, 2.05) is 42.5 Å². The molecule has 1 aromatic heterocycles. The van der Waals surface area contributed by atoms with Crippen LogP contribution in [0.25, 0.3) is 35.1 Å². The molecule has 0 aliphatic rings. The standard InChI is InChI=1S/C16H12O/c1-11-5-3-7-14-12(2)16-13(10-9-11)6-4-8-15(16)17-14/h3-10H,1-2H2. The van der Waals surface area contributed by atoms with Crippen molar-refractivity contribution in [2.45, 2.75) is 0 Å². The highest BCUT2D eigenvalue weighted by atomic mass is 16.3. The zero-order valence-corrected chi connectivity index (χ0v) is 9.44. The summed E-state index contributed by atoms with van der Waals surface area (Å²) in [5, 5.41) is 4.11. The highest BCUT2D eigenvalue weighted by Gasteiger charge is 2.03. The summed E-state index contributed by atoms with van der Waals surface area (Å²) in [4.78, 5) is 0. The van der Waals surface area contributed by atoms with Crippen molar-refractivity contribution in [3.05, 3.63) is 59.0 Å². The van der Waals surface area contributed by atoms with E-state index in [0.29, 0.717) is 0 Å². The van der Waals surface area contributed by atoms with Crippen molar-refractivity contribution in [1.29, 1.82) is 0 Å². The van der Waals surface area contributed by atoms with Gasteiger partial charge < -0.3 is 4.42 Å². The largest absolute Gasteiger partial charge is 0.456 e. The van der Waals surface area contributed by atoms with E-state index in [9.17, 15) is 0 Å². The molecular weight excluding hydrogens is 208 g/mol. The lowest BCUT2D eigenvalue weighted by molar-refractivity contribution is 0.666. The van der Waals surface area contributed by atoms with Gasteiger partial charge in [0, 0.05) is 10.6 Å². The number of furan rings is 1. The first-order chi connectivity index (χ1) is 8.25. The van der Waals surface area contributed by atoms with E-state index < -0.39 is 0 Å². The minimum Gasteiger partial charge on any atom is -0.456 e. The van der Waals surface area contributed by atoms with Crippen LogP contribution in [-0.2, 0) is 0 Å². The van der Waals surface area contributed by atoms with Crippen LogP contribution in [0.5, 0.6) is 0 Å². The topological polar surface area (TPSA) is 13.1 Å². The fraction of sp³-hybridized carbons (Fsp3) is 0. The molecule has 17 heavy (non-hydrogen) atoms. The van der Waals surface area contributed by atoms with Crippen molar-refractivity contribution in [2.24, 2.45) is 0 Å². The summed E-state index contributed by atoms with van der Waals surface area (Å²) in [6.45, 7) is 8.05. The third kappa shape index (κ3) is 1.56. The summed E-state index contributed by atoms with van der Waals surface area (Å²) in [6.07, 6.45) is 0. The van der Waals surface area contributed by atoms with Gasteiger partial charge in [-0.05, 0) is 22.7 Å². The third-order valence-electron chi connectivity index (χ3n) is 2.91. The molecule has 0 atom stereocenters. The van der Waals surface area contributed by atoms with Gasteiger partial charge >= 0.3 is 0 Å². The average molecular weight is 220 g/mol. The first kappa shape index (κ1) is 9.91. The summed E-state index contributed by atoms with van der Waals surface area (Å²) in [5.41, 5.74) is 1.69. The van der Waals surface area contributed by atoms with Gasteiger partial charge in [-0.3, -0.25) is 0 Å². The van der Waals surface area contributed by atoms with Crippen LogP contribution >= 0.6 is 0 Å². The Kier molecular flexibility index (Phi) is 2.12. The maximum atomic E-state index is 5.77. The molecule has 0 unspecified atom stereocenters. The van der Waals surface area contributed by atoms with E-state index >= 15 is 0 Å². The van der Waals surface area contributed by atoms with Crippen molar-refractivity contribution >= 4 is 35.1 Å². The predicted octanol–water partition coefficient (Wildman–Crippen LogP) is 2.97. The molecule has 1 heterocycles. The van der Waals surface area contributed by atoms with Crippen molar-refractivity contribution < 1.29 is 4.42 Å². The Labute approximate surface area is 99.0 Å². The zero-order valence-electron chi connectivity index (χ0n) is 9.44. The van der Waals surface area contributed by atoms with Crippen molar-refractivity contribution in [3.8, 4) is 0 Å². The first-order valence-electron chi connectivity index (χ1n) is 5.51. The molecule has 2 bridgehead atoms. The summed E-state index contributed by atoms with van der Waals surface area (Å²) in [6, 6.07) is 15.9. The molecule has 0 saturated heterocycles. The summed E-state index contributed by atoms with van der Waals surface area (Å²) in [5.74, 6) is 0. The molecule has 0 fully saturated rings. The van der Waals surface area contributed by atoms with Crippen LogP contribution < -0.4 is 10.4 Å². The van der Waals surface area contributed by atoms with Crippen LogP contribution in [0.15, 0.2) is 52.9 Å². The lowest BCUT2D eigenvalue weighted by Crippen LogP contribution is -1.95. The molecule has 0 N–H and O–H groups in total. The van der Waals surface area contributed by atoms with Gasteiger partial charge in [0.15, 0.2) is 0 Å². The molecule has 0 radical (unpaired) electrons. The van der Waals surface area contributed by atoms with Crippen LogP contribution in [0.2, 0.25) is 0 Å². The second-order valence-corrected chi connectivity index (χ2v) is 4.10. The fourth-order valence-corrected chi connectivity index (χ4v) is 2.04. The third-order valence-corrected chi connectivity index (χ3v) is 2.91. The van der Waals surface area contributed by atoms with Crippen LogP contribution in [0.3, 0.4) is 0 Å². The Morgan fingerprint density at radius 1 is 0.765 bits per heavy atom. The van der Waals surface area contributed by atoms with E-state index in [0.717, 1.165) is 32.4 Å². The maximum absolute atomic E-state index is 5.77. The van der Waals surface area contributed by atoms with E-state index in [4.69, 9.17) is 4.42 Å². The van der Waals surface area contributed by atoms with Gasteiger partial charge in [0.05, 0.1) is 0 Å². The molecule has 82 valence electrons. The number of hydrogen-bond donors (Lipinski definition) is 0. The Morgan fingerprint density at radius 3 is 2.41 bits per heavy atom. The fourth-order valence-electron chi connectivity index (χ4n) is 2.04. The second kappa shape index (κ2) is 3.63. The number of benzene rings is 1. The Morgan fingerprint density at radius 2 is 1.53 bits per heavy atom. The number of hydrogen-bond acceptors (Lipinski definition) is 1. The van der Waals surface area contributed by atoms with Crippen LogP contribution in [0, 0.1) is 0 Å². The molecule has 0 aliphatic carbocycles. The predicted molar refractivity (Wildman–Crippen MR) is 72.8 cm³/mol. The molecule has 0 saturated carbocycles.